The van der Waals surface area contributed by atoms with E-state index in [1.165, 1.54) is 37.1 Å². The summed E-state index contributed by atoms with van der Waals surface area (Å²) in [6, 6.07) is 11.0. The summed E-state index contributed by atoms with van der Waals surface area (Å²) in [5, 5.41) is 2.78. The molecule has 1 atom stereocenters. The number of hydrogen-bond acceptors (Lipinski definition) is 7. The summed E-state index contributed by atoms with van der Waals surface area (Å²) in [4.78, 5) is 66.7. The third-order valence-corrected chi connectivity index (χ3v) is 6.30. The lowest BCUT2D eigenvalue weighted by molar-refractivity contribution is -0.131. The van der Waals surface area contributed by atoms with E-state index in [0.29, 0.717) is 24.4 Å². The minimum absolute atomic E-state index is 0.0318. The van der Waals surface area contributed by atoms with Crippen molar-refractivity contribution in [1.82, 2.24) is 4.90 Å². The molecule has 0 saturated heterocycles. The number of anilines is 2. The predicted octanol–water partition coefficient (Wildman–Crippen LogP) is 2.63. The Balaban J connectivity index is 1.52. The number of amides is 4. The number of carbonyl (C=O) groups is 5. The second-order valence-electron chi connectivity index (χ2n) is 9.12. The lowest BCUT2D eigenvalue weighted by Crippen LogP contribution is -2.60. The summed E-state index contributed by atoms with van der Waals surface area (Å²) in [5.41, 5.74) is 0.0862. The van der Waals surface area contributed by atoms with Crippen molar-refractivity contribution in [2.45, 2.75) is 38.8 Å². The number of fused-ring (bicyclic) bond motifs is 2. The first-order valence-electron chi connectivity index (χ1n) is 11.5. The Kier molecular flexibility index (Phi) is 6.64. The SMILES string of the molecule is COCCCN1C(=O)c2ccc(C(=O)O[C@@H](C)C(=O)N3c4ccccc4NC(=O)C3(C)C)cc2C1=O. The number of para-hydroxylation sites is 2. The van der Waals surface area contributed by atoms with E-state index in [4.69, 9.17) is 9.47 Å². The van der Waals surface area contributed by atoms with Crippen molar-refractivity contribution in [3.63, 3.8) is 0 Å². The largest absolute Gasteiger partial charge is 0.449 e. The Morgan fingerprint density at radius 3 is 2.44 bits per heavy atom. The molecule has 2 aromatic rings. The van der Waals surface area contributed by atoms with E-state index in [2.05, 4.69) is 5.32 Å². The highest BCUT2D eigenvalue weighted by atomic mass is 16.5. The fourth-order valence-corrected chi connectivity index (χ4v) is 4.30. The second-order valence-corrected chi connectivity index (χ2v) is 9.12. The normalized spacial score (nSPS) is 16.8. The molecule has 0 spiro atoms. The molecule has 0 saturated carbocycles. The molecular weight excluding hydrogens is 466 g/mol. The molecule has 0 aliphatic carbocycles. The molecule has 0 aromatic heterocycles. The zero-order valence-electron chi connectivity index (χ0n) is 20.5. The number of nitrogens with zero attached hydrogens (tertiary/aromatic N) is 2. The number of nitrogens with one attached hydrogen (secondary N) is 1. The number of esters is 1. The van der Waals surface area contributed by atoms with Crippen molar-refractivity contribution in [3.8, 4) is 0 Å². The summed E-state index contributed by atoms with van der Waals surface area (Å²) in [6.45, 7) is 5.23. The lowest BCUT2D eigenvalue weighted by Gasteiger charge is -2.42. The first kappa shape index (κ1) is 25.1. The summed E-state index contributed by atoms with van der Waals surface area (Å²) in [7, 11) is 1.53. The van der Waals surface area contributed by atoms with Crippen LogP contribution in [0.1, 0.15) is 58.3 Å². The highest BCUT2D eigenvalue weighted by Gasteiger charge is 2.45. The molecular formula is C26H27N3O7. The van der Waals surface area contributed by atoms with Crippen molar-refractivity contribution in [2.24, 2.45) is 0 Å². The van der Waals surface area contributed by atoms with Crippen LogP contribution < -0.4 is 10.2 Å². The van der Waals surface area contributed by atoms with E-state index in [1.54, 1.807) is 38.1 Å². The molecule has 0 unspecified atom stereocenters. The van der Waals surface area contributed by atoms with Crippen molar-refractivity contribution in [3.05, 3.63) is 59.2 Å². The van der Waals surface area contributed by atoms with Gasteiger partial charge in [-0.05, 0) is 57.5 Å². The van der Waals surface area contributed by atoms with Gasteiger partial charge in [0.1, 0.15) is 5.54 Å². The topological polar surface area (TPSA) is 122 Å². The van der Waals surface area contributed by atoms with E-state index in [9.17, 15) is 24.0 Å². The molecule has 1 N–H and O–H groups in total. The zero-order chi connectivity index (χ0) is 26.2. The monoisotopic (exact) mass is 493 g/mol. The number of benzene rings is 2. The van der Waals surface area contributed by atoms with Gasteiger partial charge in [0.2, 0.25) is 5.91 Å². The molecule has 4 rings (SSSR count). The first-order valence-corrected chi connectivity index (χ1v) is 11.5. The number of hydrogen-bond donors (Lipinski definition) is 1. The van der Waals surface area contributed by atoms with Gasteiger partial charge < -0.3 is 14.8 Å². The standard InChI is InChI=1S/C26H27N3O7/c1-15(21(30)29-20-9-6-5-8-19(20)27-25(34)26(29,2)3)36-24(33)16-10-11-17-18(14-16)23(32)28(22(17)31)12-7-13-35-4/h5-6,8-11,14-15H,7,12-13H2,1-4H3,(H,27,34)/t15-/m0/s1. The highest BCUT2D eigenvalue weighted by Crippen LogP contribution is 2.37. The van der Waals surface area contributed by atoms with Crippen LogP contribution in [-0.4, -0.2) is 66.4 Å². The Morgan fingerprint density at radius 2 is 1.72 bits per heavy atom. The molecule has 2 aliphatic rings. The van der Waals surface area contributed by atoms with Crippen LogP contribution >= 0.6 is 0 Å². The Morgan fingerprint density at radius 1 is 1.03 bits per heavy atom. The third-order valence-electron chi connectivity index (χ3n) is 6.30. The number of imide groups is 1. The second kappa shape index (κ2) is 9.54. The summed E-state index contributed by atoms with van der Waals surface area (Å²) < 4.78 is 10.4. The Hall–Kier alpha value is -4.05. The van der Waals surface area contributed by atoms with Crippen molar-refractivity contribution in [2.75, 3.05) is 30.5 Å². The van der Waals surface area contributed by atoms with Gasteiger partial charge in [0.05, 0.1) is 28.1 Å². The zero-order valence-corrected chi connectivity index (χ0v) is 20.5. The van der Waals surface area contributed by atoms with Gasteiger partial charge in [-0.3, -0.25) is 29.0 Å². The first-order chi connectivity index (χ1) is 17.1. The third kappa shape index (κ3) is 4.24. The van der Waals surface area contributed by atoms with Gasteiger partial charge in [-0.15, -0.1) is 0 Å². The molecule has 10 heteroatoms. The average Bonchev–Trinajstić information content (AvgIpc) is 3.08. The summed E-state index contributed by atoms with van der Waals surface area (Å²) >= 11 is 0. The molecule has 2 heterocycles. The van der Waals surface area contributed by atoms with Crippen LogP contribution in [0.3, 0.4) is 0 Å². The van der Waals surface area contributed by atoms with Gasteiger partial charge in [-0.1, -0.05) is 12.1 Å². The summed E-state index contributed by atoms with van der Waals surface area (Å²) in [6.07, 6.45) is -0.739. The smallest absolute Gasteiger partial charge is 0.338 e. The molecule has 0 radical (unpaired) electrons. The van der Waals surface area contributed by atoms with Crippen LogP contribution in [0.4, 0.5) is 11.4 Å². The minimum atomic E-state index is -1.23. The Bertz CT molecular complexity index is 1270. The van der Waals surface area contributed by atoms with E-state index in [0.717, 1.165) is 4.90 Å². The molecule has 10 nitrogen and oxygen atoms in total. The maximum Gasteiger partial charge on any atom is 0.338 e. The predicted molar refractivity (Wildman–Crippen MR) is 130 cm³/mol. The van der Waals surface area contributed by atoms with Crippen molar-refractivity contribution >= 4 is 41.0 Å². The fourth-order valence-electron chi connectivity index (χ4n) is 4.30. The molecule has 2 aromatic carbocycles. The maximum atomic E-state index is 13.4. The van der Waals surface area contributed by atoms with Crippen LogP contribution in [0.2, 0.25) is 0 Å². The van der Waals surface area contributed by atoms with E-state index in [1.807, 2.05) is 0 Å². The molecule has 188 valence electrons. The van der Waals surface area contributed by atoms with Gasteiger partial charge >= 0.3 is 5.97 Å². The van der Waals surface area contributed by atoms with Crippen LogP contribution in [0, 0.1) is 0 Å². The van der Waals surface area contributed by atoms with Crippen LogP contribution in [-0.2, 0) is 19.1 Å². The fraction of sp³-hybridized carbons (Fsp3) is 0.346. The van der Waals surface area contributed by atoms with Crippen LogP contribution in [0.25, 0.3) is 0 Å². The maximum absolute atomic E-state index is 13.4. The molecule has 36 heavy (non-hydrogen) atoms. The highest BCUT2D eigenvalue weighted by molar-refractivity contribution is 6.22. The van der Waals surface area contributed by atoms with E-state index < -0.39 is 35.3 Å². The number of methoxy groups -OCH3 is 1. The van der Waals surface area contributed by atoms with Crippen molar-refractivity contribution < 1.29 is 33.4 Å². The molecule has 0 fully saturated rings. The van der Waals surface area contributed by atoms with Gasteiger partial charge in [-0.2, -0.15) is 0 Å². The van der Waals surface area contributed by atoms with Crippen LogP contribution in [0.15, 0.2) is 42.5 Å². The van der Waals surface area contributed by atoms with Gasteiger partial charge in [0, 0.05) is 20.3 Å². The van der Waals surface area contributed by atoms with E-state index in [-0.39, 0.29) is 29.1 Å². The van der Waals surface area contributed by atoms with E-state index >= 15 is 0 Å². The molecule has 4 amide bonds. The number of carbonyl (C=O) groups excluding carboxylic acids is 5. The van der Waals surface area contributed by atoms with Crippen LogP contribution in [0.5, 0.6) is 0 Å². The lowest BCUT2D eigenvalue weighted by atomic mass is 9.95. The average molecular weight is 494 g/mol. The summed E-state index contributed by atoms with van der Waals surface area (Å²) in [5.74, 6) is -2.71. The quantitative estimate of drug-likeness (QED) is 0.357. The molecule has 2 aliphatic heterocycles. The van der Waals surface area contributed by atoms with Gasteiger partial charge in [0.25, 0.3) is 17.7 Å². The Labute approximate surface area is 208 Å². The van der Waals surface area contributed by atoms with Gasteiger partial charge in [0.15, 0.2) is 6.10 Å². The molecule has 0 bridgehead atoms. The van der Waals surface area contributed by atoms with Gasteiger partial charge in [-0.25, -0.2) is 4.79 Å². The number of rotatable bonds is 7. The van der Waals surface area contributed by atoms with Crippen molar-refractivity contribution in [1.29, 1.82) is 0 Å². The minimum Gasteiger partial charge on any atom is -0.449 e. The number of ether oxygens (including phenoxy) is 2.